The Labute approximate surface area is 157 Å². The van der Waals surface area contributed by atoms with Crippen LogP contribution in [0, 0.1) is 0 Å². The van der Waals surface area contributed by atoms with Gasteiger partial charge in [0.1, 0.15) is 5.75 Å². The number of amides is 2. The minimum absolute atomic E-state index is 0.0723. The van der Waals surface area contributed by atoms with E-state index in [2.05, 4.69) is 5.32 Å². The van der Waals surface area contributed by atoms with Gasteiger partial charge in [-0.25, -0.2) is 4.79 Å². The molecule has 2 rings (SSSR count). The number of nitrogens with zero attached hydrogens (tertiary/aromatic N) is 1. The first kappa shape index (κ1) is 20.0. The van der Waals surface area contributed by atoms with Gasteiger partial charge in [-0.1, -0.05) is 31.2 Å². The van der Waals surface area contributed by atoms with Crippen LogP contribution in [0.2, 0.25) is 0 Å². The van der Waals surface area contributed by atoms with Crippen molar-refractivity contribution in [2.75, 3.05) is 25.5 Å². The maximum Gasteiger partial charge on any atom is 0.338 e. The normalized spacial score (nSPS) is 10.1. The summed E-state index contributed by atoms with van der Waals surface area (Å²) >= 11 is 0. The van der Waals surface area contributed by atoms with Crippen molar-refractivity contribution < 1.29 is 24.2 Å². The molecule has 142 valence electrons. The number of carbonyl (C=O) groups excluding carboxylic acids is 3. The lowest BCUT2D eigenvalue weighted by molar-refractivity contribution is -0.136. The molecular formula is C20H22N2O5. The Morgan fingerprint density at radius 1 is 1.11 bits per heavy atom. The minimum Gasteiger partial charge on any atom is -0.508 e. The van der Waals surface area contributed by atoms with E-state index in [9.17, 15) is 19.5 Å². The maximum atomic E-state index is 12.2. The van der Waals surface area contributed by atoms with Gasteiger partial charge in [-0.2, -0.15) is 0 Å². The van der Waals surface area contributed by atoms with Crippen LogP contribution in [0.15, 0.2) is 48.5 Å². The van der Waals surface area contributed by atoms with Gasteiger partial charge in [-0.15, -0.1) is 0 Å². The summed E-state index contributed by atoms with van der Waals surface area (Å²) in [6, 6.07) is 13.1. The number of esters is 1. The van der Waals surface area contributed by atoms with Gasteiger partial charge in [-0.05, 0) is 36.2 Å². The molecule has 0 bridgehead atoms. The van der Waals surface area contributed by atoms with Gasteiger partial charge >= 0.3 is 5.97 Å². The van der Waals surface area contributed by atoms with Crippen LogP contribution in [0.3, 0.4) is 0 Å². The fourth-order valence-corrected chi connectivity index (χ4v) is 2.40. The van der Waals surface area contributed by atoms with Crippen molar-refractivity contribution in [2.24, 2.45) is 0 Å². The molecule has 0 aliphatic carbocycles. The van der Waals surface area contributed by atoms with Crippen LogP contribution < -0.4 is 5.32 Å². The third-order valence-electron chi connectivity index (χ3n) is 3.89. The van der Waals surface area contributed by atoms with Crippen molar-refractivity contribution in [3.63, 3.8) is 0 Å². The van der Waals surface area contributed by atoms with Crippen LogP contribution in [0.5, 0.6) is 5.75 Å². The number of hydrogen-bond acceptors (Lipinski definition) is 5. The summed E-state index contributed by atoms with van der Waals surface area (Å²) in [7, 11) is 1.45. The number of para-hydroxylation sites is 1. The highest BCUT2D eigenvalue weighted by molar-refractivity contribution is 5.96. The number of phenols is 1. The van der Waals surface area contributed by atoms with Gasteiger partial charge in [0.15, 0.2) is 6.61 Å². The Morgan fingerprint density at radius 3 is 2.56 bits per heavy atom. The second kappa shape index (κ2) is 9.38. The largest absolute Gasteiger partial charge is 0.508 e. The summed E-state index contributed by atoms with van der Waals surface area (Å²) in [5, 5.41) is 12.1. The van der Waals surface area contributed by atoms with Gasteiger partial charge in [0.2, 0.25) is 5.91 Å². The molecule has 2 aromatic carbocycles. The number of carbonyl (C=O) groups is 3. The highest BCUT2D eigenvalue weighted by Gasteiger charge is 2.16. The molecule has 27 heavy (non-hydrogen) atoms. The Bertz CT molecular complexity index is 835. The van der Waals surface area contributed by atoms with E-state index in [1.165, 1.54) is 36.2 Å². The van der Waals surface area contributed by atoms with E-state index < -0.39 is 18.5 Å². The van der Waals surface area contributed by atoms with E-state index >= 15 is 0 Å². The molecule has 0 aliphatic heterocycles. The molecule has 0 aliphatic rings. The second-order valence-corrected chi connectivity index (χ2v) is 5.94. The number of ether oxygens (including phenoxy) is 1. The zero-order chi connectivity index (χ0) is 19.8. The van der Waals surface area contributed by atoms with Gasteiger partial charge in [-0.3, -0.25) is 9.59 Å². The number of aryl methyl sites for hydroxylation is 1. The molecule has 7 nitrogen and oxygen atoms in total. The van der Waals surface area contributed by atoms with Gasteiger partial charge < -0.3 is 20.1 Å². The third kappa shape index (κ3) is 5.85. The van der Waals surface area contributed by atoms with Crippen molar-refractivity contribution in [1.29, 1.82) is 0 Å². The highest BCUT2D eigenvalue weighted by atomic mass is 16.5. The van der Waals surface area contributed by atoms with E-state index in [0.717, 1.165) is 12.0 Å². The van der Waals surface area contributed by atoms with Crippen molar-refractivity contribution in [2.45, 2.75) is 13.3 Å². The Balaban J connectivity index is 1.84. The number of phenolic OH excluding ortho intramolecular Hbond substituents is 1. The molecule has 2 N–H and O–H groups in total. The highest BCUT2D eigenvalue weighted by Crippen LogP contribution is 2.15. The van der Waals surface area contributed by atoms with Crippen molar-refractivity contribution in [3.05, 3.63) is 59.7 Å². The first-order chi connectivity index (χ1) is 12.9. The number of likely N-dealkylation sites (N-methyl/N-ethyl adjacent to an activating group) is 1. The average Bonchev–Trinajstić information content (AvgIpc) is 2.66. The molecule has 0 aromatic heterocycles. The van der Waals surface area contributed by atoms with Crippen LogP contribution in [0.25, 0.3) is 0 Å². The summed E-state index contributed by atoms with van der Waals surface area (Å²) < 4.78 is 4.93. The monoisotopic (exact) mass is 370 g/mol. The molecule has 0 radical (unpaired) electrons. The SMILES string of the molecule is CCc1ccccc1NC(=O)CN(C)C(=O)COC(=O)c1cccc(O)c1. The fraction of sp³-hybridized carbons (Fsp3) is 0.250. The Hall–Kier alpha value is -3.35. The van der Waals surface area contributed by atoms with Crippen LogP contribution in [-0.2, 0) is 20.7 Å². The van der Waals surface area contributed by atoms with Crippen molar-refractivity contribution in [1.82, 2.24) is 4.90 Å². The van der Waals surface area contributed by atoms with E-state index in [0.29, 0.717) is 5.69 Å². The van der Waals surface area contributed by atoms with Crippen LogP contribution in [-0.4, -0.2) is 48.0 Å². The quantitative estimate of drug-likeness (QED) is 0.729. The molecule has 0 spiro atoms. The zero-order valence-electron chi connectivity index (χ0n) is 15.3. The Kier molecular flexibility index (Phi) is 6.93. The van der Waals surface area contributed by atoms with Gasteiger partial charge in [0.05, 0.1) is 12.1 Å². The lowest BCUT2D eigenvalue weighted by Crippen LogP contribution is -2.37. The molecule has 2 aromatic rings. The van der Waals surface area contributed by atoms with Crippen LogP contribution >= 0.6 is 0 Å². The second-order valence-electron chi connectivity index (χ2n) is 5.94. The first-order valence-electron chi connectivity index (χ1n) is 8.48. The molecule has 0 unspecified atom stereocenters. The average molecular weight is 370 g/mol. The molecule has 0 saturated heterocycles. The number of nitrogens with one attached hydrogen (secondary N) is 1. The molecule has 0 saturated carbocycles. The fourth-order valence-electron chi connectivity index (χ4n) is 2.40. The van der Waals surface area contributed by atoms with Crippen molar-refractivity contribution >= 4 is 23.5 Å². The predicted molar refractivity (Wildman–Crippen MR) is 100 cm³/mol. The van der Waals surface area contributed by atoms with Gasteiger partial charge in [0, 0.05) is 12.7 Å². The standard InChI is InChI=1S/C20H22N2O5/c1-3-14-7-4-5-10-17(14)21-18(24)12-22(2)19(25)13-27-20(26)15-8-6-9-16(23)11-15/h4-11,23H,3,12-13H2,1-2H3,(H,21,24). The first-order valence-corrected chi connectivity index (χ1v) is 8.48. The molecule has 2 amide bonds. The van der Waals surface area contributed by atoms with E-state index in [-0.39, 0.29) is 23.8 Å². The molecule has 0 atom stereocenters. The van der Waals surface area contributed by atoms with E-state index in [1.807, 2.05) is 25.1 Å². The summed E-state index contributed by atoms with van der Waals surface area (Å²) in [5.41, 5.74) is 1.85. The number of hydrogen-bond donors (Lipinski definition) is 2. The number of aromatic hydroxyl groups is 1. The van der Waals surface area contributed by atoms with E-state index in [1.54, 1.807) is 6.07 Å². The predicted octanol–water partition coefficient (Wildman–Crippen LogP) is 2.21. The van der Waals surface area contributed by atoms with E-state index in [4.69, 9.17) is 4.74 Å². The lowest BCUT2D eigenvalue weighted by atomic mass is 10.1. The molecule has 7 heteroatoms. The lowest BCUT2D eigenvalue weighted by Gasteiger charge is -2.17. The zero-order valence-corrected chi connectivity index (χ0v) is 15.3. The third-order valence-corrected chi connectivity index (χ3v) is 3.89. The topological polar surface area (TPSA) is 95.9 Å². The molecule has 0 fully saturated rings. The maximum absolute atomic E-state index is 12.2. The molecular weight excluding hydrogens is 348 g/mol. The smallest absolute Gasteiger partial charge is 0.338 e. The van der Waals surface area contributed by atoms with Crippen LogP contribution in [0.1, 0.15) is 22.8 Å². The van der Waals surface area contributed by atoms with Crippen LogP contribution in [0.4, 0.5) is 5.69 Å². The van der Waals surface area contributed by atoms with Crippen molar-refractivity contribution in [3.8, 4) is 5.75 Å². The number of rotatable bonds is 7. The Morgan fingerprint density at radius 2 is 1.85 bits per heavy atom. The number of benzene rings is 2. The summed E-state index contributed by atoms with van der Waals surface area (Å²) in [5.74, 6) is -1.65. The summed E-state index contributed by atoms with van der Waals surface area (Å²) in [4.78, 5) is 37.3. The summed E-state index contributed by atoms with van der Waals surface area (Å²) in [6.45, 7) is 1.33. The molecule has 0 heterocycles. The number of anilines is 1. The van der Waals surface area contributed by atoms with Gasteiger partial charge in [0.25, 0.3) is 5.91 Å². The minimum atomic E-state index is -0.728. The summed E-state index contributed by atoms with van der Waals surface area (Å²) in [6.07, 6.45) is 0.774.